The van der Waals surface area contributed by atoms with Gasteiger partial charge in [0.2, 0.25) is 5.89 Å². The van der Waals surface area contributed by atoms with E-state index in [9.17, 15) is 4.79 Å². The van der Waals surface area contributed by atoms with Crippen LogP contribution in [0.25, 0.3) is 0 Å². The molecule has 7 heteroatoms. The van der Waals surface area contributed by atoms with Crippen LogP contribution in [0.2, 0.25) is 0 Å². The van der Waals surface area contributed by atoms with Crippen LogP contribution in [0.4, 0.5) is 0 Å². The quantitative estimate of drug-likeness (QED) is 0.809. The number of aryl methyl sites for hydroxylation is 1. The number of nitrogens with zero attached hydrogens (tertiary/aromatic N) is 2. The fourth-order valence-electron chi connectivity index (χ4n) is 1.60. The molecule has 0 aliphatic rings. The Kier molecular flexibility index (Phi) is 5.49. The zero-order chi connectivity index (χ0) is 15.1. The maximum Gasteiger partial charge on any atom is 0.262 e. The maximum absolute atomic E-state index is 12.1. The summed E-state index contributed by atoms with van der Waals surface area (Å²) in [4.78, 5) is 16.7. The normalized spacial score (nSPS) is 10.0. The molecule has 0 aliphatic carbocycles. The Morgan fingerprint density at radius 2 is 2.43 bits per heavy atom. The lowest BCUT2D eigenvalue weighted by atomic mass is 10.2. The first-order valence-corrected chi connectivity index (χ1v) is 7.33. The van der Waals surface area contributed by atoms with Gasteiger partial charge in [0.05, 0.1) is 6.61 Å². The lowest BCUT2D eigenvalue weighted by Crippen LogP contribution is -2.25. The zero-order valence-electron chi connectivity index (χ0n) is 11.5. The molecule has 21 heavy (non-hydrogen) atoms. The number of aliphatic hydroxyl groups is 1. The monoisotopic (exact) mass is 305 g/mol. The molecule has 0 aromatic carbocycles. The molecule has 2 aromatic heterocycles. The van der Waals surface area contributed by atoms with Gasteiger partial charge in [-0.05, 0) is 18.4 Å². The smallest absolute Gasteiger partial charge is 0.262 e. The van der Waals surface area contributed by atoms with Crippen LogP contribution < -0.4 is 5.32 Å². The average molecular weight is 305 g/mol. The molecule has 2 aromatic rings. The van der Waals surface area contributed by atoms with Crippen molar-refractivity contribution in [3.05, 3.63) is 33.6 Å². The number of hydrogen-bond donors (Lipinski definition) is 2. The molecule has 0 fully saturated rings. The highest BCUT2D eigenvalue weighted by Crippen LogP contribution is 2.15. The van der Waals surface area contributed by atoms with E-state index in [2.05, 4.69) is 27.3 Å². The van der Waals surface area contributed by atoms with Crippen LogP contribution in [0.3, 0.4) is 0 Å². The standard InChI is InChI=1S/C14H15N3O3S/c1-10-16-12(20-17-10)5-7-15-14(19)13-11(6-9-21-13)4-2-3-8-18/h6,9,18H,3,5,7-8H2,1H3,(H,15,19). The van der Waals surface area contributed by atoms with Crippen molar-refractivity contribution in [2.45, 2.75) is 19.8 Å². The van der Waals surface area contributed by atoms with Gasteiger partial charge in [0.15, 0.2) is 5.82 Å². The summed E-state index contributed by atoms with van der Waals surface area (Å²) < 4.78 is 4.97. The fraction of sp³-hybridized carbons (Fsp3) is 0.357. The Hall–Kier alpha value is -2.17. The van der Waals surface area contributed by atoms with Gasteiger partial charge in [-0.2, -0.15) is 4.98 Å². The number of carbonyl (C=O) groups excluding carboxylic acids is 1. The summed E-state index contributed by atoms with van der Waals surface area (Å²) in [5, 5.41) is 17.0. The molecular formula is C14H15N3O3S. The number of rotatable bonds is 5. The van der Waals surface area contributed by atoms with E-state index in [0.29, 0.717) is 41.5 Å². The second-order valence-corrected chi connectivity index (χ2v) is 5.10. The molecule has 0 bridgehead atoms. The molecule has 0 spiro atoms. The average Bonchev–Trinajstić information content (AvgIpc) is 3.08. The van der Waals surface area contributed by atoms with Crippen molar-refractivity contribution in [1.29, 1.82) is 0 Å². The van der Waals surface area contributed by atoms with Gasteiger partial charge in [-0.15, -0.1) is 11.3 Å². The first kappa shape index (κ1) is 15.2. The van der Waals surface area contributed by atoms with Crippen LogP contribution in [-0.2, 0) is 6.42 Å². The van der Waals surface area contributed by atoms with Gasteiger partial charge in [0.1, 0.15) is 4.88 Å². The van der Waals surface area contributed by atoms with Crippen LogP contribution in [0.1, 0.15) is 33.4 Å². The summed E-state index contributed by atoms with van der Waals surface area (Å²) in [6, 6.07) is 1.80. The minimum Gasteiger partial charge on any atom is -0.395 e. The van der Waals surface area contributed by atoms with Crippen molar-refractivity contribution in [3.63, 3.8) is 0 Å². The highest BCUT2D eigenvalue weighted by molar-refractivity contribution is 7.12. The molecule has 0 saturated heterocycles. The molecule has 0 atom stereocenters. The van der Waals surface area contributed by atoms with E-state index in [4.69, 9.17) is 9.63 Å². The molecule has 0 aliphatic heterocycles. The summed E-state index contributed by atoms with van der Waals surface area (Å²) in [5.74, 6) is 6.61. The van der Waals surface area contributed by atoms with Crippen molar-refractivity contribution in [2.75, 3.05) is 13.2 Å². The molecule has 0 saturated carbocycles. The second-order valence-electron chi connectivity index (χ2n) is 4.18. The number of aromatic nitrogens is 2. The summed E-state index contributed by atoms with van der Waals surface area (Å²) in [7, 11) is 0. The Bertz CT molecular complexity index is 666. The molecule has 6 nitrogen and oxygen atoms in total. The van der Waals surface area contributed by atoms with Crippen LogP contribution in [-0.4, -0.2) is 34.3 Å². The highest BCUT2D eigenvalue weighted by atomic mass is 32.1. The van der Waals surface area contributed by atoms with Crippen molar-refractivity contribution in [1.82, 2.24) is 15.5 Å². The summed E-state index contributed by atoms with van der Waals surface area (Å²) in [6.45, 7) is 2.18. The van der Waals surface area contributed by atoms with E-state index in [1.165, 1.54) is 11.3 Å². The van der Waals surface area contributed by atoms with Crippen LogP contribution in [0.5, 0.6) is 0 Å². The maximum atomic E-state index is 12.1. The van der Waals surface area contributed by atoms with Gasteiger partial charge in [0, 0.05) is 24.9 Å². The minimum atomic E-state index is -0.172. The summed E-state index contributed by atoms with van der Waals surface area (Å²) in [5.41, 5.74) is 0.680. The van der Waals surface area contributed by atoms with E-state index in [1.54, 1.807) is 13.0 Å². The first-order valence-electron chi connectivity index (χ1n) is 6.45. The fourth-order valence-corrected chi connectivity index (χ4v) is 2.37. The SMILES string of the molecule is Cc1noc(CCNC(=O)c2sccc2C#CCCO)n1. The lowest BCUT2D eigenvalue weighted by Gasteiger charge is -2.01. The molecule has 110 valence electrons. The predicted octanol–water partition coefficient (Wildman–Crippen LogP) is 1.15. The Morgan fingerprint density at radius 3 is 3.14 bits per heavy atom. The third-order valence-electron chi connectivity index (χ3n) is 2.53. The number of carbonyl (C=O) groups is 1. The van der Waals surface area contributed by atoms with Gasteiger partial charge < -0.3 is 14.9 Å². The van der Waals surface area contributed by atoms with Crippen LogP contribution in [0.15, 0.2) is 16.0 Å². The highest BCUT2D eigenvalue weighted by Gasteiger charge is 2.12. The predicted molar refractivity (Wildman–Crippen MR) is 78.0 cm³/mol. The van der Waals surface area contributed by atoms with Gasteiger partial charge >= 0.3 is 0 Å². The largest absolute Gasteiger partial charge is 0.395 e. The Labute approximate surface area is 126 Å². The number of nitrogens with one attached hydrogen (secondary N) is 1. The number of aliphatic hydroxyl groups excluding tert-OH is 1. The lowest BCUT2D eigenvalue weighted by molar-refractivity contribution is 0.0957. The summed E-state index contributed by atoms with van der Waals surface area (Å²) >= 11 is 1.34. The molecule has 2 rings (SSSR count). The second kappa shape index (κ2) is 7.57. The third-order valence-corrected chi connectivity index (χ3v) is 3.44. The van der Waals surface area contributed by atoms with E-state index < -0.39 is 0 Å². The van der Waals surface area contributed by atoms with Crippen molar-refractivity contribution in [2.24, 2.45) is 0 Å². The van der Waals surface area contributed by atoms with Gasteiger partial charge in [-0.25, -0.2) is 0 Å². The first-order chi connectivity index (χ1) is 10.2. The molecule has 1 amide bonds. The van der Waals surface area contributed by atoms with E-state index in [-0.39, 0.29) is 12.5 Å². The minimum absolute atomic E-state index is 0.0161. The number of thiophene rings is 1. The van der Waals surface area contributed by atoms with E-state index in [1.807, 2.05) is 5.38 Å². The molecule has 0 radical (unpaired) electrons. The number of amides is 1. The molecule has 2 N–H and O–H groups in total. The molecule has 0 unspecified atom stereocenters. The van der Waals surface area contributed by atoms with Crippen molar-refractivity contribution >= 4 is 17.2 Å². The Balaban J connectivity index is 1.89. The van der Waals surface area contributed by atoms with Gasteiger partial charge in [-0.3, -0.25) is 4.79 Å². The van der Waals surface area contributed by atoms with E-state index in [0.717, 1.165) is 0 Å². The zero-order valence-corrected chi connectivity index (χ0v) is 12.4. The number of hydrogen-bond acceptors (Lipinski definition) is 6. The topological polar surface area (TPSA) is 88.2 Å². The van der Waals surface area contributed by atoms with E-state index >= 15 is 0 Å². The van der Waals surface area contributed by atoms with Crippen LogP contribution >= 0.6 is 11.3 Å². The molecular weight excluding hydrogens is 290 g/mol. The van der Waals surface area contributed by atoms with Crippen molar-refractivity contribution < 1.29 is 14.4 Å². The van der Waals surface area contributed by atoms with Gasteiger partial charge in [0.25, 0.3) is 5.91 Å². The van der Waals surface area contributed by atoms with Crippen LogP contribution in [0, 0.1) is 18.8 Å². The summed E-state index contributed by atoms with van der Waals surface area (Å²) in [6.07, 6.45) is 0.886. The third kappa shape index (κ3) is 4.41. The van der Waals surface area contributed by atoms with Gasteiger partial charge in [-0.1, -0.05) is 17.0 Å². The molecule has 2 heterocycles. The van der Waals surface area contributed by atoms with Crippen molar-refractivity contribution in [3.8, 4) is 11.8 Å². The Morgan fingerprint density at radius 1 is 1.57 bits per heavy atom.